The summed E-state index contributed by atoms with van der Waals surface area (Å²) in [4.78, 5) is 42.1. The van der Waals surface area contributed by atoms with E-state index >= 15 is 0 Å². The Bertz CT molecular complexity index is 753. The third-order valence-corrected chi connectivity index (χ3v) is 5.54. The van der Waals surface area contributed by atoms with Gasteiger partial charge in [-0.25, -0.2) is 4.79 Å². The van der Waals surface area contributed by atoms with Gasteiger partial charge in [0.05, 0.1) is 17.8 Å². The summed E-state index contributed by atoms with van der Waals surface area (Å²) in [7, 11) is 0. The van der Waals surface area contributed by atoms with Crippen LogP contribution in [0.1, 0.15) is 43.0 Å². The Morgan fingerprint density at radius 1 is 1.03 bits per heavy atom. The lowest BCUT2D eigenvalue weighted by atomic mass is 10.1. The molecule has 158 valence electrons. The summed E-state index contributed by atoms with van der Waals surface area (Å²) in [5, 5.41) is 12.2. The van der Waals surface area contributed by atoms with Crippen molar-refractivity contribution in [3.05, 3.63) is 23.8 Å². The Balaban J connectivity index is 1.59. The van der Waals surface area contributed by atoms with Gasteiger partial charge in [-0.1, -0.05) is 6.92 Å². The average molecular weight is 402 g/mol. The highest BCUT2D eigenvalue weighted by Gasteiger charge is 2.24. The van der Waals surface area contributed by atoms with E-state index in [-0.39, 0.29) is 17.4 Å². The Kier molecular flexibility index (Phi) is 7.09. The van der Waals surface area contributed by atoms with Gasteiger partial charge in [0, 0.05) is 51.4 Å². The highest BCUT2D eigenvalue weighted by atomic mass is 16.4. The van der Waals surface area contributed by atoms with Crippen LogP contribution in [0, 0.1) is 0 Å². The maximum absolute atomic E-state index is 12.3. The molecule has 2 heterocycles. The third-order valence-electron chi connectivity index (χ3n) is 5.54. The molecule has 0 radical (unpaired) electrons. The number of nitrogens with zero attached hydrogens (tertiary/aromatic N) is 3. The van der Waals surface area contributed by atoms with Crippen LogP contribution in [0.3, 0.4) is 0 Å². The summed E-state index contributed by atoms with van der Waals surface area (Å²) in [6.07, 6.45) is 3.26. The lowest BCUT2D eigenvalue weighted by molar-refractivity contribution is -0.131. The summed E-state index contributed by atoms with van der Waals surface area (Å²) in [6, 6.07) is 5.13. The van der Waals surface area contributed by atoms with Gasteiger partial charge in [0.2, 0.25) is 11.8 Å². The number of carboxylic acids is 1. The fraction of sp³-hybridized carbons (Fsp3) is 0.571. The van der Waals surface area contributed by atoms with Crippen LogP contribution in [0.2, 0.25) is 0 Å². The number of carbonyl (C=O) groups is 3. The number of likely N-dealkylation sites (tertiary alicyclic amines) is 1. The molecular formula is C21H30N4O4. The first-order valence-electron chi connectivity index (χ1n) is 10.4. The zero-order valence-electron chi connectivity index (χ0n) is 17.0. The van der Waals surface area contributed by atoms with E-state index in [1.165, 1.54) is 0 Å². The van der Waals surface area contributed by atoms with Gasteiger partial charge >= 0.3 is 5.97 Å². The molecule has 0 unspecified atom stereocenters. The van der Waals surface area contributed by atoms with E-state index in [2.05, 4.69) is 15.1 Å². The minimum Gasteiger partial charge on any atom is -0.478 e. The van der Waals surface area contributed by atoms with Crippen molar-refractivity contribution in [2.24, 2.45) is 0 Å². The van der Waals surface area contributed by atoms with Crippen molar-refractivity contribution in [2.45, 2.75) is 32.6 Å². The van der Waals surface area contributed by atoms with Crippen molar-refractivity contribution in [1.29, 1.82) is 0 Å². The Morgan fingerprint density at radius 2 is 1.72 bits per heavy atom. The van der Waals surface area contributed by atoms with E-state index in [4.69, 9.17) is 0 Å². The highest BCUT2D eigenvalue weighted by Crippen LogP contribution is 2.25. The molecule has 2 aliphatic heterocycles. The average Bonchev–Trinajstić information content (AvgIpc) is 3.24. The molecule has 1 aromatic rings. The summed E-state index contributed by atoms with van der Waals surface area (Å²) in [5.74, 6) is -1.04. The molecule has 2 fully saturated rings. The van der Waals surface area contributed by atoms with E-state index in [0.717, 1.165) is 57.8 Å². The normalized spacial score (nSPS) is 17.4. The highest BCUT2D eigenvalue weighted by molar-refractivity contribution is 6.01. The molecule has 29 heavy (non-hydrogen) atoms. The Morgan fingerprint density at radius 3 is 2.34 bits per heavy atom. The van der Waals surface area contributed by atoms with Gasteiger partial charge in [-0.2, -0.15) is 0 Å². The van der Waals surface area contributed by atoms with E-state index in [0.29, 0.717) is 25.1 Å². The lowest BCUT2D eigenvalue weighted by Gasteiger charge is -2.36. The number of hydrogen-bond donors (Lipinski definition) is 2. The third kappa shape index (κ3) is 5.47. The molecule has 0 saturated carbocycles. The van der Waals surface area contributed by atoms with Crippen LogP contribution in [-0.4, -0.2) is 78.5 Å². The smallest absolute Gasteiger partial charge is 0.337 e. The second-order valence-corrected chi connectivity index (χ2v) is 7.68. The standard InChI is InChI=1S/C21H30N4O4/c1-2-5-19(26)22-18-7-6-16(14-17(18)21(28)29)24-12-10-23(11-13-24)15-20(27)25-8-3-4-9-25/h6-7,14H,2-5,8-13,15H2,1H3,(H,22,26)(H,28,29). The predicted octanol–water partition coefficient (Wildman–Crippen LogP) is 1.87. The number of anilines is 2. The van der Waals surface area contributed by atoms with Gasteiger partial charge < -0.3 is 20.2 Å². The number of carbonyl (C=O) groups excluding carboxylic acids is 2. The number of aromatic carboxylic acids is 1. The number of benzene rings is 1. The fourth-order valence-corrected chi connectivity index (χ4v) is 3.88. The number of carboxylic acid groups (broad SMARTS) is 1. The summed E-state index contributed by atoms with van der Waals surface area (Å²) in [6.45, 7) is 7.08. The minimum absolute atomic E-state index is 0.0959. The molecule has 2 amide bonds. The summed E-state index contributed by atoms with van der Waals surface area (Å²) in [5.41, 5.74) is 1.24. The first kappa shape index (κ1) is 21.1. The largest absolute Gasteiger partial charge is 0.478 e. The van der Waals surface area contributed by atoms with Crippen molar-refractivity contribution < 1.29 is 19.5 Å². The van der Waals surface area contributed by atoms with Gasteiger partial charge in [-0.05, 0) is 37.5 Å². The van der Waals surface area contributed by atoms with Crippen molar-refractivity contribution in [1.82, 2.24) is 9.80 Å². The molecule has 0 bridgehead atoms. The molecule has 0 aliphatic carbocycles. The Labute approximate surface area is 171 Å². The molecule has 0 spiro atoms. The molecular weight excluding hydrogens is 372 g/mol. The summed E-state index contributed by atoms with van der Waals surface area (Å²) >= 11 is 0. The van der Waals surface area contributed by atoms with Gasteiger partial charge in [-0.15, -0.1) is 0 Å². The van der Waals surface area contributed by atoms with Crippen LogP contribution in [-0.2, 0) is 9.59 Å². The molecule has 0 atom stereocenters. The lowest BCUT2D eigenvalue weighted by Crippen LogP contribution is -2.49. The topological polar surface area (TPSA) is 93.2 Å². The van der Waals surface area contributed by atoms with Gasteiger partial charge in [0.1, 0.15) is 0 Å². The van der Waals surface area contributed by atoms with E-state index in [1.54, 1.807) is 12.1 Å². The summed E-state index contributed by atoms with van der Waals surface area (Å²) < 4.78 is 0. The zero-order chi connectivity index (χ0) is 20.8. The number of piperazine rings is 1. The molecule has 1 aromatic carbocycles. The molecule has 0 aromatic heterocycles. The number of rotatable bonds is 7. The van der Waals surface area contributed by atoms with E-state index < -0.39 is 5.97 Å². The molecule has 8 heteroatoms. The van der Waals surface area contributed by atoms with Crippen LogP contribution < -0.4 is 10.2 Å². The maximum atomic E-state index is 12.3. The molecule has 2 aliphatic rings. The monoisotopic (exact) mass is 402 g/mol. The molecule has 3 rings (SSSR count). The molecule has 2 N–H and O–H groups in total. The van der Waals surface area contributed by atoms with Crippen LogP contribution >= 0.6 is 0 Å². The maximum Gasteiger partial charge on any atom is 0.337 e. The quantitative estimate of drug-likeness (QED) is 0.723. The van der Waals surface area contributed by atoms with E-state index in [1.807, 2.05) is 17.9 Å². The number of hydrogen-bond acceptors (Lipinski definition) is 5. The van der Waals surface area contributed by atoms with Crippen LogP contribution in [0.4, 0.5) is 11.4 Å². The zero-order valence-corrected chi connectivity index (χ0v) is 17.0. The van der Waals surface area contributed by atoms with Crippen LogP contribution in [0.25, 0.3) is 0 Å². The van der Waals surface area contributed by atoms with Gasteiger partial charge in [-0.3, -0.25) is 14.5 Å². The predicted molar refractivity (Wildman–Crippen MR) is 111 cm³/mol. The van der Waals surface area contributed by atoms with Crippen molar-refractivity contribution in [3.8, 4) is 0 Å². The van der Waals surface area contributed by atoms with Crippen molar-refractivity contribution in [3.63, 3.8) is 0 Å². The first-order valence-corrected chi connectivity index (χ1v) is 10.4. The molecule has 8 nitrogen and oxygen atoms in total. The van der Waals surface area contributed by atoms with Crippen molar-refractivity contribution >= 4 is 29.2 Å². The Hall–Kier alpha value is -2.61. The van der Waals surface area contributed by atoms with Gasteiger partial charge in [0.25, 0.3) is 0 Å². The minimum atomic E-state index is -1.06. The number of amides is 2. The van der Waals surface area contributed by atoms with Crippen LogP contribution in [0.5, 0.6) is 0 Å². The van der Waals surface area contributed by atoms with Crippen LogP contribution in [0.15, 0.2) is 18.2 Å². The first-order chi connectivity index (χ1) is 14.0. The second kappa shape index (κ2) is 9.73. The van der Waals surface area contributed by atoms with Gasteiger partial charge in [0.15, 0.2) is 0 Å². The van der Waals surface area contributed by atoms with Crippen molar-refractivity contribution in [2.75, 3.05) is 56.0 Å². The fourth-order valence-electron chi connectivity index (χ4n) is 3.88. The number of nitrogens with one attached hydrogen (secondary N) is 1. The second-order valence-electron chi connectivity index (χ2n) is 7.68. The van der Waals surface area contributed by atoms with E-state index in [9.17, 15) is 19.5 Å². The SMILES string of the molecule is CCCC(=O)Nc1ccc(N2CCN(CC(=O)N3CCCC3)CC2)cc1C(=O)O. The molecule has 2 saturated heterocycles.